The highest BCUT2D eigenvalue weighted by Crippen LogP contribution is 2.22. The zero-order chi connectivity index (χ0) is 21.8. The minimum Gasteiger partial charge on any atom is -0.345 e. The number of nitrogens with zero attached hydrogens (tertiary/aromatic N) is 1. The molecule has 160 valence electrons. The molecule has 0 aromatic heterocycles. The Labute approximate surface area is 186 Å². The molecule has 0 aliphatic carbocycles. The fraction of sp³-hybridized carbons (Fsp3) is 0.321. The summed E-state index contributed by atoms with van der Waals surface area (Å²) in [4.78, 5) is 15.3. The number of hydrogen-bond acceptors (Lipinski definition) is 2. The molecule has 1 heterocycles. The van der Waals surface area contributed by atoms with Crippen LogP contribution in [0.15, 0.2) is 66.7 Å². The monoisotopic (exact) mass is 412 g/mol. The molecule has 3 aromatic rings. The molecule has 1 aliphatic heterocycles. The van der Waals surface area contributed by atoms with Gasteiger partial charge in [0.05, 0.1) is 6.04 Å². The van der Waals surface area contributed by atoms with Crippen LogP contribution in [-0.2, 0) is 19.5 Å². The van der Waals surface area contributed by atoms with E-state index in [0.717, 1.165) is 38.0 Å². The molecule has 0 unspecified atom stereocenters. The number of rotatable bonds is 6. The molecule has 0 saturated carbocycles. The number of hydrogen-bond donors (Lipinski definition) is 1. The number of fused-ring (bicyclic) bond motifs is 1. The van der Waals surface area contributed by atoms with E-state index in [1.807, 2.05) is 12.1 Å². The maximum Gasteiger partial charge on any atom is 0.251 e. The average molecular weight is 413 g/mol. The lowest BCUT2D eigenvalue weighted by molar-refractivity contribution is 0.0935. The third kappa shape index (κ3) is 5.05. The van der Waals surface area contributed by atoms with Crippen molar-refractivity contribution in [2.45, 2.75) is 52.7 Å². The lowest BCUT2D eigenvalue weighted by Gasteiger charge is -2.28. The van der Waals surface area contributed by atoms with Gasteiger partial charge in [0.15, 0.2) is 0 Å². The summed E-state index contributed by atoms with van der Waals surface area (Å²) < 4.78 is 0. The van der Waals surface area contributed by atoms with Crippen molar-refractivity contribution in [1.29, 1.82) is 0 Å². The maximum atomic E-state index is 12.9. The van der Waals surface area contributed by atoms with E-state index in [2.05, 4.69) is 85.6 Å². The summed E-state index contributed by atoms with van der Waals surface area (Å²) in [5.41, 5.74) is 8.57. The summed E-state index contributed by atoms with van der Waals surface area (Å²) in [6, 6.07) is 23.3. The molecule has 3 aromatic carbocycles. The Morgan fingerprint density at radius 1 is 0.968 bits per heavy atom. The predicted molar refractivity (Wildman–Crippen MR) is 127 cm³/mol. The fourth-order valence-corrected chi connectivity index (χ4v) is 4.35. The van der Waals surface area contributed by atoms with Gasteiger partial charge in [-0.15, -0.1) is 0 Å². The molecule has 0 radical (unpaired) electrons. The maximum absolute atomic E-state index is 12.9. The zero-order valence-corrected chi connectivity index (χ0v) is 18.8. The van der Waals surface area contributed by atoms with Crippen molar-refractivity contribution >= 4 is 5.91 Å². The van der Waals surface area contributed by atoms with Crippen molar-refractivity contribution in [3.63, 3.8) is 0 Å². The van der Waals surface area contributed by atoms with Crippen molar-refractivity contribution in [3.8, 4) is 0 Å². The zero-order valence-electron chi connectivity index (χ0n) is 18.8. The molecule has 0 fully saturated rings. The van der Waals surface area contributed by atoms with Gasteiger partial charge >= 0.3 is 0 Å². The number of benzene rings is 3. The van der Waals surface area contributed by atoms with Crippen molar-refractivity contribution in [1.82, 2.24) is 10.2 Å². The van der Waals surface area contributed by atoms with Crippen LogP contribution < -0.4 is 5.32 Å². The lowest BCUT2D eigenvalue weighted by atomic mass is 9.98. The third-order valence-corrected chi connectivity index (χ3v) is 6.48. The first-order valence-electron chi connectivity index (χ1n) is 11.3. The summed E-state index contributed by atoms with van der Waals surface area (Å²) in [6.45, 7) is 9.33. The van der Waals surface area contributed by atoms with Gasteiger partial charge in [-0.25, -0.2) is 0 Å². The van der Waals surface area contributed by atoms with Gasteiger partial charge in [-0.05, 0) is 72.2 Å². The Hall–Kier alpha value is -2.91. The van der Waals surface area contributed by atoms with E-state index >= 15 is 0 Å². The van der Waals surface area contributed by atoms with E-state index in [9.17, 15) is 4.79 Å². The van der Waals surface area contributed by atoms with E-state index in [0.29, 0.717) is 0 Å². The van der Waals surface area contributed by atoms with Gasteiger partial charge in [-0.1, -0.05) is 61.5 Å². The fourth-order valence-electron chi connectivity index (χ4n) is 4.35. The number of carbonyl (C=O) groups excluding carboxylic acids is 1. The lowest BCUT2D eigenvalue weighted by Crippen LogP contribution is -2.30. The van der Waals surface area contributed by atoms with Gasteiger partial charge in [0.1, 0.15) is 0 Å². The van der Waals surface area contributed by atoms with Crippen LogP contribution in [0.3, 0.4) is 0 Å². The Morgan fingerprint density at radius 3 is 2.42 bits per heavy atom. The summed E-state index contributed by atoms with van der Waals surface area (Å²) in [6.07, 6.45) is 1.97. The van der Waals surface area contributed by atoms with Crippen molar-refractivity contribution in [3.05, 3.63) is 106 Å². The van der Waals surface area contributed by atoms with Crippen LogP contribution in [0.25, 0.3) is 0 Å². The Bertz CT molecular complexity index is 1050. The minimum atomic E-state index is -0.0106. The molecule has 1 aliphatic rings. The van der Waals surface area contributed by atoms with Crippen LogP contribution >= 0.6 is 0 Å². The standard InChI is InChI=1S/C28H32N2O/c1-4-27(25-12-9-20(2)21(3)17-25)29-28(31)24-13-10-22(11-14-24)18-30-16-15-23-7-5-6-8-26(23)19-30/h5-14,17,27H,4,15-16,18-19H2,1-3H3,(H,29,31)/t27-/m0/s1. The van der Waals surface area contributed by atoms with Gasteiger partial charge < -0.3 is 5.32 Å². The van der Waals surface area contributed by atoms with Gasteiger partial charge in [0.2, 0.25) is 0 Å². The van der Waals surface area contributed by atoms with Crippen molar-refractivity contribution < 1.29 is 4.79 Å². The molecule has 1 amide bonds. The molecule has 3 heteroatoms. The normalized spacial score (nSPS) is 14.7. The van der Waals surface area contributed by atoms with E-state index in [4.69, 9.17) is 0 Å². The first kappa shape index (κ1) is 21.3. The Kier molecular flexibility index (Phi) is 6.53. The minimum absolute atomic E-state index is 0.0106. The molecule has 3 nitrogen and oxygen atoms in total. The van der Waals surface area contributed by atoms with Crippen LogP contribution in [0.5, 0.6) is 0 Å². The predicted octanol–water partition coefficient (Wildman–Crippen LogP) is 5.74. The quantitative estimate of drug-likeness (QED) is 0.560. The van der Waals surface area contributed by atoms with Gasteiger partial charge in [-0.2, -0.15) is 0 Å². The van der Waals surface area contributed by atoms with E-state index in [-0.39, 0.29) is 11.9 Å². The Balaban J connectivity index is 1.38. The number of aryl methyl sites for hydroxylation is 2. The van der Waals surface area contributed by atoms with Gasteiger partial charge in [0, 0.05) is 25.2 Å². The highest BCUT2D eigenvalue weighted by atomic mass is 16.1. The number of carbonyl (C=O) groups is 1. The molecule has 0 spiro atoms. The number of amides is 1. The highest BCUT2D eigenvalue weighted by molar-refractivity contribution is 5.94. The van der Waals surface area contributed by atoms with E-state index < -0.39 is 0 Å². The first-order chi connectivity index (χ1) is 15.0. The van der Waals surface area contributed by atoms with E-state index in [1.54, 1.807) is 0 Å². The largest absolute Gasteiger partial charge is 0.345 e. The van der Waals surface area contributed by atoms with Crippen LogP contribution in [0.4, 0.5) is 0 Å². The van der Waals surface area contributed by atoms with Gasteiger partial charge in [0.25, 0.3) is 5.91 Å². The van der Waals surface area contributed by atoms with Crippen LogP contribution in [-0.4, -0.2) is 17.4 Å². The topological polar surface area (TPSA) is 32.3 Å². The summed E-state index contributed by atoms with van der Waals surface area (Å²) >= 11 is 0. The molecule has 1 atom stereocenters. The van der Waals surface area contributed by atoms with E-state index in [1.165, 1.54) is 33.4 Å². The molecule has 31 heavy (non-hydrogen) atoms. The van der Waals surface area contributed by atoms with Crippen LogP contribution in [0.1, 0.15) is 63.1 Å². The summed E-state index contributed by atoms with van der Waals surface area (Å²) in [5.74, 6) is -0.0106. The molecular formula is C28H32N2O. The summed E-state index contributed by atoms with van der Waals surface area (Å²) in [5, 5.41) is 3.21. The third-order valence-electron chi connectivity index (χ3n) is 6.48. The molecular weight excluding hydrogens is 380 g/mol. The van der Waals surface area contributed by atoms with Gasteiger partial charge in [-0.3, -0.25) is 9.69 Å². The van der Waals surface area contributed by atoms with Crippen LogP contribution in [0, 0.1) is 13.8 Å². The SMILES string of the molecule is CC[C@H](NC(=O)c1ccc(CN2CCc3ccccc3C2)cc1)c1ccc(C)c(C)c1. The second kappa shape index (κ2) is 9.49. The highest BCUT2D eigenvalue weighted by Gasteiger charge is 2.17. The molecule has 0 saturated heterocycles. The van der Waals surface area contributed by atoms with Crippen molar-refractivity contribution in [2.75, 3.05) is 6.54 Å². The molecule has 1 N–H and O–H groups in total. The van der Waals surface area contributed by atoms with Crippen LogP contribution in [0.2, 0.25) is 0 Å². The molecule has 4 rings (SSSR count). The second-order valence-corrected chi connectivity index (χ2v) is 8.70. The Morgan fingerprint density at radius 2 is 1.71 bits per heavy atom. The number of nitrogens with one attached hydrogen (secondary N) is 1. The van der Waals surface area contributed by atoms with Crippen molar-refractivity contribution in [2.24, 2.45) is 0 Å². The smallest absolute Gasteiger partial charge is 0.251 e. The summed E-state index contributed by atoms with van der Waals surface area (Å²) in [7, 11) is 0. The average Bonchev–Trinajstić information content (AvgIpc) is 2.79. The molecule has 0 bridgehead atoms. The first-order valence-corrected chi connectivity index (χ1v) is 11.3. The second-order valence-electron chi connectivity index (χ2n) is 8.70.